The lowest BCUT2D eigenvalue weighted by Gasteiger charge is -2.28. The van der Waals surface area contributed by atoms with Crippen molar-refractivity contribution in [3.05, 3.63) is 48.0 Å². The van der Waals surface area contributed by atoms with Crippen molar-refractivity contribution >= 4 is 35.6 Å². The molecule has 1 saturated carbocycles. The lowest BCUT2D eigenvalue weighted by Crippen LogP contribution is -2.30. The van der Waals surface area contributed by atoms with Crippen LogP contribution in [-0.4, -0.2) is 32.8 Å². The number of guanidine groups is 1. The van der Waals surface area contributed by atoms with Crippen molar-refractivity contribution in [2.24, 2.45) is 10.7 Å². The van der Waals surface area contributed by atoms with E-state index in [-0.39, 0.29) is 29.4 Å². The van der Waals surface area contributed by atoms with Crippen LogP contribution in [0.15, 0.2) is 47.5 Å². The fourth-order valence-corrected chi connectivity index (χ4v) is 4.21. The van der Waals surface area contributed by atoms with E-state index in [1.54, 1.807) is 7.11 Å². The van der Waals surface area contributed by atoms with Crippen LogP contribution < -0.4 is 25.3 Å². The van der Waals surface area contributed by atoms with Gasteiger partial charge >= 0.3 is 0 Å². The SMILES string of the molecule is COc1cccc(C2(CN=C(N)Nc3ccc4c(c3)OCCCO4)CCCC2)c1.I. The Hall–Kier alpha value is -2.16. The van der Waals surface area contributed by atoms with Gasteiger partial charge in [0.05, 0.1) is 26.9 Å². The van der Waals surface area contributed by atoms with Gasteiger partial charge in [-0.25, -0.2) is 0 Å². The van der Waals surface area contributed by atoms with Crippen molar-refractivity contribution < 1.29 is 14.2 Å². The zero-order chi connectivity index (χ0) is 20.1. The first-order chi connectivity index (χ1) is 14.2. The van der Waals surface area contributed by atoms with Crippen molar-refractivity contribution in [3.63, 3.8) is 0 Å². The number of nitrogens with two attached hydrogens (primary N) is 1. The zero-order valence-electron chi connectivity index (χ0n) is 17.4. The van der Waals surface area contributed by atoms with E-state index in [0.717, 1.165) is 42.2 Å². The summed E-state index contributed by atoms with van der Waals surface area (Å²) in [4.78, 5) is 4.71. The number of fused-ring (bicyclic) bond motifs is 1. The smallest absolute Gasteiger partial charge is 0.193 e. The highest BCUT2D eigenvalue weighted by Gasteiger charge is 2.35. The summed E-state index contributed by atoms with van der Waals surface area (Å²) in [5, 5.41) is 3.20. The molecule has 1 fully saturated rings. The minimum absolute atomic E-state index is 0. The van der Waals surface area contributed by atoms with Gasteiger partial charge in [-0.1, -0.05) is 25.0 Å². The molecule has 1 aliphatic heterocycles. The third-order valence-electron chi connectivity index (χ3n) is 5.81. The van der Waals surface area contributed by atoms with Crippen LogP contribution in [0, 0.1) is 0 Å². The minimum atomic E-state index is 0. The molecular formula is C23H30IN3O3. The van der Waals surface area contributed by atoms with E-state index in [1.807, 2.05) is 24.3 Å². The van der Waals surface area contributed by atoms with Gasteiger partial charge in [0.25, 0.3) is 0 Å². The lowest BCUT2D eigenvalue weighted by atomic mass is 9.79. The van der Waals surface area contributed by atoms with Crippen molar-refractivity contribution in [3.8, 4) is 17.2 Å². The van der Waals surface area contributed by atoms with E-state index < -0.39 is 0 Å². The first-order valence-electron chi connectivity index (χ1n) is 10.3. The van der Waals surface area contributed by atoms with Crippen LogP contribution in [-0.2, 0) is 5.41 Å². The van der Waals surface area contributed by atoms with Crippen LogP contribution in [0.5, 0.6) is 17.2 Å². The average Bonchev–Trinajstić information content (AvgIpc) is 3.12. The molecule has 0 atom stereocenters. The molecule has 1 heterocycles. The fraction of sp³-hybridized carbons (Fsp3) is 0.435. The molecule has 3 N–H and O–H groups in total. The third-order valence-corrected chi connectivity index (χ3v) is 5.81. The molecule has 7 heteroatoms. The van der Waals surface area contributed by atoms with Crippen LogP contribution in [0.25, 0.3) is 0 Å². The fourth-order valence-electron chi connectivity index (χ4n) is 4.21. The van der Waals surface area contributed by atoms with E-state index in [2.05, 4.69) is 23.5 Å². The molecule has 0 radical (unpaired) electrons. The molecule has 2 aromatic carbocycles. The van der Waals surface area contributed by atoms with Gasteiger partial charge in [-0.05, 0) is 42.7 Å². The molecule has 2 aromatic rings. The Morgan fingerprint density at radius 1 is 1.07 bits per heavy atom. The van der Waals surface area contributed by atoms with Crippen LogP contribution in [0.3, 0.4) is 0 Å². The molecule has 0 spiro atoms. The first kappa shape index (κ1) is 22.5. The Balaban J connectivity index is 0.00000256. The number of anilines is 1. The van der Waals surface area contributed by atoms with E-state index in [9.17, 15) is 0 Å². The zero-order valence-corrected chi connectivity index (χ0v) is 19.7. The first-order valence-corrected chi connectivity index (χ1v) is 10.3. The maximum absolute atomic E-state index is 6.23. The summed E-state index contributed by atoms with van der Waals surface area (Å²) in [5.41, 5.74) is 8.37. The van der Waals surface area contributed by atoms with Crippen molar-refractivity contribution in [1.29, 1.82) is 0 Å². The number of benzene rings is 2. The van der Waals surface area contributed by atoms with Gasteiger partial charge in [0.2, 0.25) is 0 Å². The molecule has 2 aliphatic rings. The van der Waals surface area contributed by atoms with E-state index in [0.29, 0.717) is 25.7 Å². The molecule has 1 aliphatic carbocycles. The van der Waals surface area contributed by atoms with Crippen LogP contribution in [0.4, 0.5) is 5.69 Å². The Morgan fingerprint density at radius 2 is 1.83 bits per heavy atom. The summed E-state index contributed by atoms with van der Waals surface area (Å²) < 4.78 is 16.9. The maximum Gasteiger partial charge on any atom is 0.193 e. The number of nitrogens with zero attached hydrogens (tertiary/aromatic N) is 1. The second kappa shape index (κ2) is 10.2. The van der Waals surface area contributed by atoms with E-state index in [1.165, 1.54) is 18.4 Å². The standard InChI is InChI=1S/C23H29N3O3.HI/c1-27-19-7-4-6-17(14-19)23(10-2-3-11-23)16-25-22(24)26-18-8-9-20-21(15-18)29-13-5-12-28-20;/h4,6-9,14-15H,2-3,5,10-13,16H2,1H3,(H3,24,25,26);1H. The summed E-state index contributed by atoms with van der Waals surface area (Å²) >= 11 is 0. The average molecular weight is 523 g/mol. The van der Waals surface area contributed by atoms with Crippen LogP contribution in [0.2, 0.25) is 0 Å². The largest absolute Gasteiger partial charge is 0.497 e. The van der Waals surface area contributed by atoms with Crippen molar-refractivity contribution in [2.75, 3.05) is 32.2 Å². The Kier molecular flexibility index (Phi) is 7.69. The Morgan fingerprint density at radius 3 is 2.60 bits per heavy atom. The summed E-state index contributed by atoms with van der Waals surface area (Å²) in [5.74, 6) is 2.81. The Labute approximate surface area is 195 Å². The quantitative estimate of drug-likeness (QED) is 0.337. The van der Waals surface area contributed by atoms with Gasteiger partial charge in [0.1, 0.15) is 5.75 Å². The number of halogens is 1. The van der Waals surface area contributed by atoms with Crippen LogP contribution >= 0.6 is 24.0 Å². The molecule has 0 aromatic heterocycles. The minimum Gasteiger partial charge on any atom is -0.497 e. The molecular weight excluding hydrogens is 493 g/mol. The number of methoxy groups -OCH3 is 1. The molecule has 162 valence electrons. The predicted molar refractivity (Wildman–Crippen MR) is 131 cm³/mol. The predicted octanol–water partition coefficient (Wildman–Crippen LogP) is 4.71. The summed E-state index contributed by atoms with van der Waals surface area (Å²) in [6, 6.07) is 14.1. The van der Waals surface area contributed by atoms with Gasteiger partial charge < -0.3 is 25.3 Å². The number of ether oxygens (including phenoxy) is 3. The van der Waals surface area contributed by atoms with Crippen LogP contribution in [0.1, 0.15) is 37.7 Å². The van der Waals surface area contributed by atoms with Gasteiger partial charge in [-0.2, -0.15) is 0 Å². The normalized spacial score (nSPS) is 17.6. The monoisotopic (exact) mass is 523 g/mol. The highest BCUT2D eigenvalue weighted by Crippen LogP contribution is 2.42. The summed E-state index contributed by atoms with van der Waals surface area (Å²) in [7, 11) is 1.70. The van der Waals surface area contributed by atoms with Gasteiger partial charge in [-0.15, -0.1) is 24.0 Å². The van der Waals surface area contributed by atoms with Gasteiger partial charge in [0, 0.05) is 23.6 Å². The number of aliphatic imine (C=N–C) groups is 1. The topological polar surface area (TPSA) is 78.1 Å². The summed E-state index contributed by atoms with van der Waals surface area (Å²) in [6.07, 6.45) is 5.53. The second-order valence-electron chi connectivity index (χ2n) is 7.76. The Bertz CT molecular complexity index is 882. The number of hydrogen-bond acceptors (Lipinski definition) is 4. The number of nitrogens with one attached hydrogen (secondary N) is 1. The number of rotatable bonds is 5. The highest BCUT2D eigenvalue weighted by atomic mass is 127. The molecule has 0 bridgehead atoms. The molecule has 0 saturated heterocycles. The van der Waals surface area contributed by atoms with Crippen molar-refractivity contribution in [1.82, 2.24) is 0 Å². The van der Waals surface area contributed by atoms with E-state index in [4.69, 9.17) is 24.9 Å². The third kappa shape index (κ3) is 5.11. The molecule has 30 heavy (non-hydrogen) atoms. The highest BCUT2D eigenvalue weighted by molar-refractivity contribution is 14.0. The van der Waals surface area contributed by atoms with E-state index >= 15 is 0 Å². The molecule has 6 nitrogen and oxygen atoms in total. The molecule has 0 unspecified atom stereocenters. The number of hydrogen-bond donors (Lipinski definition) is 2. The molecule has 4 rings (SSSR count). The lowest BCUT2D eigenvalue weighted by molar-refractivity contribution is 0.297. The van der Waals surface area contributed by atoms with Crippen molar-refractivity contribution in [2.45, 2.75) is 37.5 Å². The maximum atomic E-state index is 6.23. The summed E-state index contributed by atoms with van der Waals surface area (Å²) in [6.45, 7) is 1.99. The van der Waals surface area contributed by atoms with Gasteiger partial charge in [-0.3, -0.25) is 4.99 Å². The molecule has 0 amide bonds. The second-order valence-corrected chi connectivity index (χ2v) is 7.76. The van der Waals surface area contributed by atoms with Gasteiger partial charge in [0.15, 0.2) is 17.5 Å².